The first-order valence-electron chi connectivity index (χ1n) is 8.11. The quantitative estimate of drug-likeness (QED) is 0.624. The number of aliphatic hydroxyl groups is 1. The van der Waals surface area contributed by atoms with Crippen molar-refractivity contribution in [3.05, 3.63) is 65.4 Å². The van der Waals surface area contributed by atoms with E-state index in [1.54, 1.807) is 12.1 Å². The number of hydrogen-bond donors (Lipinski definition) is 2. The Morgan fingerprint density at radius 1 is 1.15 bits per heavy atom. The van der Waals surface area contributed by atoms with Crippen LogP contribution in [0.2, 0.25) is 0 Å². The summed E-state index contributed by atoms with van der Waals surface area (Å²) in [4.78, 5) is 10.8. The molecule has 0 amide bonds. The van der Waals surface area contributed by atoms with E-state index >= 15 is 0 Å². The molecule has 2 aromatic carbocycles. The van der Waals surface area contributed by atoms with Gasteiger partial charge in [-0.15, -0.1) is 0 Å². The molecule has 134 valence electrons. The molecule has 0 radical (unpaired) electrons. The van der Waals surface area contributed by atoms with E-state index in [2.05, 4.69) is 19.9 Å². The number of carbonyl (C=O) groups is 1. The van der Waals surface area contributed by atoms with E-state index in [1.807, 2.05) is 18.2 Å². The van der Waals surface area contributed by atoms with E-state index in [4.69, 9.17) is 14.3 Å². The zero-order chi connectivity index (χ0) is 18.0. The number of furan rings is 1. The van der Waals surface area contributed by atoms with Gasteiger partial charge in [0.2, 0.25) is 0 Å². The zero-order valence-electron chi connectivity index (χ0n) is 16.8. The largest absolute Gasteiger partial charge is 2.00 e. The number of benzene rings is 2. The average molecular weight is 382 g/mol. The first-order valence-corrected chi connectivity index (χ1v) is 8.11. The average Bonchev–Trinajstić information content (AvgIpc) is 3.03. The summed E-state index contributed by atoms with van der Waals surface area (Å²) in [6.45, 7) is 4.27. The van der Waals surface area contributed by atoms with E-state index in [1.165, 1.54) is 17.7 Å². The molecule has 0 aliphatic rings. The molecule has 1 aromatic heterocycles. The first-order chi connectivity index (χ1) is 11.9. The Labute approximate surface area is 184 Å². The minimum Gasteiger partial charge on any atom is -1.00 e. The monoisotopic (exact) mass is 382 g/mol. The van der Waals surface area contributed by atoms with Gasteiger partial charge < -0.3 is 22.2 Å². The van der Waals surface area contributed by atoms with Gasteiger partial charge in [-0.1, -0.05) is 19.9 Å². The van der Waals surface area contributed by atoms with Crippen molar-refractivity contribution in [3.63, 3.8) is 0 Å². The van der Waals surface area contributed by atoms with Crippen LogP contribution in [-0.4, -0.2) is 60.5 Å². The van der Waals surface area contributed by atoms with Gasteiger partial charge in [0.1, 0.15) is 29.8 Å². The summed E-state index contributed by atoms with van der Waals surface area (Å²) in [6.07, 6.45) is -0.908. The van der Waals surface area contributed by atoms with Crippen molar-refractivity contribution >= 4 is 54.7 Å². The summed E-state index contributed by atoms with van der Waals surface area (Å²) in [5.74, 6) is 0.361. The van der Waals surface area contributed by atoms with Crippen LogP contribution in [-0.2, 0) is 0 Å². The second kappa shape index (κ2) is 8.91. The number of carboxylic acids is 1. The van der Waals surface area contributed by atoms with Crippen molar-refractivity contribution in [1.82, 2.24) is 0 Å². The number of fused-ring (bicyclic) bond motifs is 1. The Hall–Kier alpha value is -1.53. The summed E-state index contributed by atoms with van der Waals surface area (Å²) in [6, 6.07) is 13.8. The number of ether oxygens (including phenoxy) is 1. The van der Waals surface area contributed by atoms with E-state index in [0.29, 0.717) is 17.4 Å². The molecule has 1 unspecified atom stereocenters. The number of aromatic carboxylic acids is 1. The molecule has 5 nitrogen and oxygen atoms in total. The predicted octanol–water partition coefficient (Wildman–Crippen LogP) is 4.21. The predicted molar refractivity (Wildman–Crippen MR) is 102 cm³/mol. The van der Waals surface area contributed by atoms with Crippen molar-refractivity contribution in [3.8, 4) is 5.75 Å². The van der Waals surface area contributed by atoms with Crippen LogP contribution in [0.25, 0.3) is 11.0 Å². The third kappa shape index (κ3) is 4.80. The fourth-order valence-corrected chi connectivity index (χ4v) is 2.56. The summed E-state index contributed by atoms with van der Waals surface area (Å²) < 4.78 is 11.2. The van der Waals surface area contributed by atoms with Crippen LogP contribution in [0.15, 0.2) is 52.9 Å². The Morgan fingerprint density at radius 3 is 2.46 bits per heavy atom. The SMILES string of the molecule is CC(C)c1ccc2oc(C(O)COc3ccc(C(=O)O)cc3)cc2c1.[Ca+2].[H-].[H-]. The van der Waals surface area contributed by atoms with E-state index in [0.717, 1.165) is 11.0 Å². The van der Waals surface area contributed by atoms with Crippen LogP contribution in [0.3, 0.4) is 0 Å². The number of rotatable bonds is 6. The van der Waals surface area contributed by atoms with Crippen molar-refractivity contribution in [2.24, 2.45) is 0 Å². The standard InChI is InChI=1S/C20H20O5.Ca.2H/c1-12(2)14-5-8-18-15(9-14)10-19(25-18)17(21)11-24-16-6-3-13(4-7-16)20(22)23;;;/h3-10,12,17,21H,11H2,1-2H3,(H,22,23);;;/q;+2;2*-1. The topological polar surface area (TPSA) is 79.9 Å². The maximum absolute atomic E-state index is 10.8. The van der Waals surface area contributed by atoms with E-state index in [-0.39, 0.29) is 52.8 Å². The summed E-state index contributed by atoms with van der Waals surface area (Å²) in [5.41, 5.74) is 2.12. The molecule has 0 saturated heterocycles. The van der Waals surface area contributed by atoms with Gasteiger partial charge in [0.05, 0.1) is 5.56 Å². The van der Waals surface area contributed by atoms with Crippen molar-refractivity contribution in [2.75, 3.05) is 6.61 Å². The molecular weight excluding hydrogens is 360 g/mol. The van der Waals surface area contributed by atoms with Gasteiger partial charge in [0, 0.05) is 5.39 Å². The van der Waals surface area contributed by atoms with Crippen molar-refractivity contribution in [2.45, 2.75) is 25.9 Å². The van der Waals surface area contributed by atoms with Gasteiger partial charge in [-0.05, 0) is 53.9 Å². The Bertz CT molecular complexity index is 893. The Balaban J connectivity index is 0.00000243. The van der Waals surface area contributed by atoms with Gasteiger partial charge in [0.25, 0.3) is 0 Å². The summed E-state index contributed by atoms with van der Waals surface area (Å²) in [7, 11) is 0. The molecule has 1 heterocycles. The van der Waals surface area contributed by atoms with Crippen LogP contribution in [0.5, 0.6) is 5.75 Å². The Morgan fingerprint density at radius 2 is 1.85 bits per heavy atom. The molecule has 3 aromatic rings. The molecule has 0 aliphatic carbocycles. The minimum absolute atomic E-state index is 0. The number of hydrogen-bond acceptors (Lipinski definition) is 4. The van der Waals surface area contributed by atoms with Crippen LogP contribution in [0.1, 0.15) is 50.4 Å². The second-order valence-corrected chi connectivity index (χ2v) is 6.26. The Kier molecular flexibility index (Phi) is 7.12. The molecular formula is C20H22CaO5. The van der Waals surface area contributed by atoms with Crippen molar-refractivity contribution < 1.29 is 27.0 Å². The molecule has 3 rings (SSSR count). The fourth-order valence-electron chi connectivity index (χ4n) is 2.56. The second-order valence-electron chi connectivity index (χ2n) is 6.26. The van der Waals surface area contributed by atoms with Gasteiger partial charge in [-0.2, -0.15) is 0 Å². The van der Waals surface area contributed by atoms with Gasteiger partial charge in [-0.3, -0.25) is 0 Å². The van der Waals surface area contributed by atoms with Gasteiger partial charge in [-0.25, -0.2) is 4.79 Å². The first kappa shape index (κ1) is 20.8. The normalized spacial score (nSPS) is 12.0. The maximum atomic E-state index is 10.8. The minimum atomic E-state index is -0.991. The fraction of sp³-hybridized carbons (Fsp3) is 0.250. The molecule has 0 bridgehead atoms. The molecule has 2 N–H and O–H groups in total. The third-order valence-electron chi connectivity index (χ3n) is 4.06. The summed E-state index contributed by atoms with van der Waals surface area (Å²) in [5, 5.41) is 20.1. The van der Waals surface area contributed by atoms with Crippen LogP contribution < -0.4 is 4.74 Å². The zero-order valence-corrected chi connectivity index (χ0v) is 17.0. The van der Waals surface area contributed by atoms with Gasteiger partial charge >= 0.3 is 43.7 Å². The van der Waals surface area contributed by atoms with Crippen LogP contribution >= 0.6 is 0 Å². The van der Waals surface area contributed by atoms with Crippen LogP contribution in [0, 0.1) is 0 Å². The van der Waals surface area contributed by atoms with Gasteiger partial charge in [0.15, 0.2) is 0 Å². The van der Waals surface area contributed by atoms with E-state index < -0.39 is 12.1 Å². The molecule has 0 aliphatic heterocycles. The molecule has 26 heavy (non-hydrogen) atoms. The summed E-state index contributed by atoms with van der Waals surface area (Å²) >= 11 is 0. The molecule has 0 spiro atoms. The van der Waals surface area contributed by atoms with Crippen molar-refractivity contribution in [1.29, 1.82) is 0 Å². The molecule has 0 fully saturated rings. The van der Waals surface area contributed by atoms with E-state index in [9.17, 15) is 9.90 Å². The number of aliphatic hydroxyl groups excluding tert-OH is 1. The molecule has 1 atom stereocenters. The molecule has 0 saturated carbocycles. The smallest absolute Gasteiger partial charge is 1.00 e. The van der Waals surface area contributed by atoms with Crippen LogP contribution in [0.4, 0.5) is 0 Å². The third-order valence-corrected chi connectivity index (χ3v) is 4.06. The maximum Gasteiger partial charge on any atom is 2.00 e. The molecule has 6 heteroatoms. The number of carboxylic acid groups (broad SMARTS) is 1.